The SMILES string of the molecule is CC(C)(Oc1ccc(Cl)cc1)C(=O)OC(COC(=O)c1cccnc1)Cc1ncccc1C(=O)O. The zero-order chi connectivity index (χ0) is 25.4. The summed E-state index contributed by atoms with van der Waals surface area (Å²) in [5, 5.41) is 9.98. The number of carboxylic acids is 1. The summed E-state index contributed by atoms with van der Waals surface area (Å²) in [6.07, 6.45) is 3.14. The van der Waals surface area contributed by atoms with Gasteiger partial charge in [-0.1, -0.05) is 11.6 Å². The van der Waals surface area contributed by atoms with Gasteiger partial charge in [0.25, 0.3) is 0 Å². The number of aromatic carboxylic acids is 1. The van der Waals surface area contributed by atoms with Crippen molar-refractivity contribution in [3.8, 4) is 5.75 Å². The highest BCUT2D eigenvalue weighted by Crippen LogP contribution is 2.23. The molecule has 2 heterocycles. The number of esters is 2. The van der Waals surface area contributed by atoms with Crippen LogP contribution in [0.2, 0.25) is 5.02 Å². The molecule has 182 valence electrons. The van der Waals surface area contributed by atoms with Crippen LogP contribution in [-0.2, 0) is 20.7 Å². The molecule has 1 unspecified atom stereocenters. The summed E-state index contributed by atoms with van der Waals surface area (Å²) < 4.78 is 16.7. The molecule has 3 rings (SSSR count). The van der Waals surface area contributed by atoms with Crippen molar-refractivity contribution in [1.82, 2.24) is 9.97 Å². The first-order chi connectivity index (χ1) is 16.7. The first-order valence-electron chi connectivity index (χ1n) is 10.6. The van der Waals surface area contributed by atoms with Crippen molar-refractivity contribution in [3.05, 3.63) is 89.0 Å². The molecule has 1 N–H and O–H groups in total. The normalized spacial score (nSPS) is 11.9. The van der Waals surface area contributed by atoms with Crippen molar-refractivity contribution >= 4 is 29.5 Å². The van der Waals surface area contributed by atoms with Gasteiger partial charge in [0, 0.05) is 30.0 Å². The van der Waals surface area contributed by atoms with E-state index in [0.717, 1.165) is 0 Å². The Morgan fingerprint density at radius 3 is 2.43 bits per heavy atom. The molecule has 9 nitrogen and oxygen atoms in total. The van der Waals surface area contributed by atoms with Crippen molar-refractivity contribution in [2.45, 2.75) is 32.0 Å². The number of carbonyl (C=O) groups is 3. The third-order valence-corrected chi connectivity index (χ3v) is 5.04. The van der Waals surface area contributed by atoms with Crippen molar-refractivity contribution in [2.24, 2.45) is 0 Å². The van der Waals surface area contributed by atoms with Crippen LogP contribution in [0.1, 0.15) is 40.3 Å². The van der Waals surface area contributed by atoms with E-state index in [2.05, 4.69) is 9.97 Å². The van der Waals surface area contributed by atoms with Crippen molar-refractivity contribution in [2.75, 3.05) is 6.61 Å². The van der Waals surface area contributed by atoms with Crippen molar-refractivity contribution in [3.63, 3.8) is 0 Å². The maximum absolute atomic E-state index is 13.0. The lowest BCUT2D eigenvalue weighted by atomic mass is 10.1. The number of carboxylic acid groups (broad SMARTS) is 1. The summed E-state index contributed by atoms with van der Waals surface area (Å²) in [6.45, 7) is 2.70. The predicted molar refractivity (Wildman–Crippen MR) is 125 cm³/mol. The molecule has 0 fully saturated rings. The van der Waals surface area contributed by atoms with Crippen LogP contribution >= 0.6 is 11.6 Å². The zero-order valence-electron chi connectivity index (χ0n) is 19.0. The van der Waals surface area contributed by atoms with Crippen LogP contribution in [0.4, 0.5) is 0 Å². The first kappa shape index (κ1) is 25.6. The van der Waals surface area contributed by atoms with E-state index in [1.165, 1.54) is 50.6 Å². The Morgan fingerprint density at radius 2 is 1.77 bits per heavy atom. The standard InChI is InChI=1S/C25H23ClN2O7/c1-25(2,35-18-9-7-17(26)8-10-18)24(32)34-19(13-21-20(22(29)30)6-4-12-28-21)15-33-23(31)16-5-3-11-27-14-16/h3-12,14,19H,13,15H2,1-2H3,(H,29,30). The van der Waals surface area contributed by atoms with Gasteiger partial charge in [0.15, 0.2) is 5.60 Å². The van der Waals surface area contributed by atoms with Gasteiger partial charge < -0.3 is 19.3 Å². The van der Waals surface area contributed by atoms with E-state index in [-0.39, 0.29) is 29.8 Å². The van der Waals surface area contributed by atoms with E-state index in [9.17, 15) is 19.5 Å². The summed E-state index contributed by atoms with van der Waals surface area (Å²) in [4.78, 5) is 45.0. The molecule has 1 atom stereocenters. The van der Waals surface area contributed by atoms with Gasteiger partial charge in [0.2, 0.25) is 0 Å². The summed E-state index contributed by atoms with van der Waals surface area (Å²) in [6, 6.07) is 12.4. The van der Waals surface area contributed by atoms with Crippen LogP contribution in [-0.4, -0.2) is 51.3 Å². The first-order valence-corrected chi connectivity index (χ1v) is 10.9. The molecular weight excluding hydrogens is 476 g/mol. The molecule has 0 aliphatic rings. The van der Waals surface area contributed by atoms with Gasteiger partial charge >= 0.3 is 17.9 Å². The van der Waals surface area contributed by atoms with Gasteiger partial charge in [-0.2, -0.15) is 0 Å². The van der Waals surface area contributed by atoms with Crippen molar-refractivity contribution in [1.29, 1.82) is 0 Å². The van der Waals surface area contributed by atoms with E-state index in [4.69, 9.17) is 25.8 Å². The van der Waals surface area contributed by atoms with Crippen LogP contribution in [0.5, 0.6) is 5.75 Å². The Morgan fingerprint density at radius 1 is 1.06 bits per heavy atom. The highest BCUT2D eigenvalue weighted by atomic mass is 35.5. The monoisotopic (exact) mass is 498 g/mol. The molecule has 3 aromatic rings. The van der Waals surface area contributed by atoms with E-state index >= 15 is 0 Å². The zero-order valence-corrected chi connectivity index (χ0v) is 19.8. The maximum atomic E-state index is 13.0. The van der Waals surface area contributed by atoms with Gasteiger partial charge in [-0.25, -0.2) is 14.4 Å². The number of aromatic nitrogens is 2. The number of pyridine rings is 2. The lowest BCUT2D eigenvalue weighted by Crippen LogP contribution is -2.43. The predicted octanol–water partition coefficient (Wildman–Crippen LogP) is 4.00. The van der Waals surface area contributed by atoms with Gasteiger partial charge in [-0.3, -0.25) is 9.97 Å². The van der Waals surface area contributed by atoms with Crippen LogP contribution in [0, 0.1) is 0 Å². The van der Waals surface area contributed by atoms with E-state index < -0.39 is 29.6 Å². The number of benzene rings is 1. The Balaban J connectivity index is 1.77. The number of rotatable bonds is 10. The Hall–Kier alpha value is -3.98. The highest BCUT2D eigenvalue weighted by Gasteiger charge is 2.35. The second kappa shape index (κ2) is 11.4. The fourth-order valence-electron chi connectivity index (χ4n) is 3.01. The molecule has 0 saturated heterocycles. The maximum Gasteiger partial charge on any atom is 0.350 e. The Labute approximate surface area is 206 Å². The smallest absolute Gasteiger partial charge is 0.350 e. The minimum Gasteiger partial charge on any atom is -0.478 e. The molecule has 0 bridgehead atoms. The molecule has 35 heavy (non-hydrogen) atoms. The molecule has 0 saturated carbocycles. The number of halogens is 1. The molecular formula is C25H23ClN2O7. The van der Waals surface area contributed by atoms with Gasteiger partial charge in [0.1, 0.15) is 18.5 Å². The lowest BCUT2D eigenvalue weighted by Gasteiger charge is -2.27. The molecule has 0 aliphatic heterocycles. The van der Waals surface area contributed by atoms with Crippen LogP contribution in [0.15, 0.2) is 67.1 Å². The number of carbonyl (C=O) groups excluding carboxylic acids is 2. The summed E-state index contributed by atoms with van der Waals surface area (Å²) >= 11 is 5.89. The van der Waals surface area contributed by atoms with Gasteiger partial charge in [0.05, 0.1) is 16.8 Å². The van der Waals surface area contributed by atoms with E-state index in [0.29, 0.717) is 10.8 Å². The van der Waals surface area contributed by atoms with Crippen molar-refractivity contribution < 1.29 is 33.7 Å². The summed E-state index contributed by atoms with van der Waals surface area (Å²) in [5.74, 6) is -2.20. The van der Waals surface area contributed by atoms with E-state index in [1.807, 2.05) is 0 Å². The summed E-state index contributed by atoms with van der Waals surface area (Å²) in [7, 11) is 0. The second-order valence-corrected chi connectivity index (χ2v) is 8.38. The minimum absolute atomic E-state index is 0.0520. The third kappa shape index (κ3) is 7.25. The Bertz CT molecular complexity index is 1180. The number of nitrogens with zero attached hydrogens (tertiary/aromatic N) is 2. The lowest BCUT2D eigenvalue weighted by molar-refractivity contribution is -0.167. The molecule has 10 heteroatoms. The van der Waals surface area contributed by atoms with Crippen LogP contribution < -0.4 is 4.74 Å². The minimum atomic E-state index is -1.42. The van der Waals surface area contributed by atoms with Crippen LogP contribution in [0.3, 0.4) is 0 Å². The van der Waals surface area contributed by atoms with Gasteiger partial charge in [-0.15, -0.1) is 0 Å². The quantitative estimate of drug-likeness (QED) is 0.413. The fourth-order valence-corrected chi connectivity index (χ4v) is 3.14. The fraction of sp³-hybridized carbons (Fsp3) is 0.240. The molecule has 0 aliphatic carbocycles. The molecule has 0 radical (unpaired) electrons. The van der Waals surface area contributed by atoms with Gasteiger partial charge in [-0.05, 0) is 62.4 Å². The average molecular weight is 499 g/mol. The molecule has 2 aromatic heterocycles. The molecule has 0 amide bonds. The molecule has 0 spiro atoms. The number of ether oxygens (including phenoxy) is 3. The van der Waals surface area contributed by atoms with Crippen LogP contribution in [0.25, 0.3) is 0 Å². The molecule has 1 aromatic carbocycles. The Kier molecular flexibility index (Phi) is 8.38. The number of hydrogen-bond acceptors (Lipinski definition) is 8. The van der Waals surface area contributed by atoms with E-state index in [1.54, 1.807) is 30.3 Å². The topological polar surface area (TPSA) is 125 Å². The largest absolute Gasteiger partial charge is 0.478 e. The highest BCUT2D eigenvalue weighted by molar-refractivity contribution is 6.30. The summed E-state index contributed by atoms with van der Waals surface area (Å²) in [5.41, 5.74) is -1.08. The second-order valence-electron chi connectivity index (χ2n) is 7.94. The average Bonchev–Trinajstić information content (AvgIpc) is 2.84. The third-order valence-electron chi connectivity index (χ3n) is 4.79. The number of hydrogen-bond donors (Lipinski definition) is 1.